The number of epoxide rings is 1. The van der Waals surface area contributed by atoms with Gasteiger partial charge in [0.2, 0.25) is 0 Å². The summed E-state index contributed by atoms with van der Waals surface area (Å²) in [4.78, 5) is 0. The minimum Gasteiger partial charge on any atom is -0.381 e. The quantitative estimate of drug-likeness (QED) is 0.521. The van der Waals surface area contributed by atoms with Crippen LogP contribution in [0.2, 0.25) is 0 Å². The third-order valence-corrected chi connectivity index (χ3v) is 2.40. The molecule has 0 bridgehead atoms. The maximum absolute atomic E-state index is 6.06. The molecule has 2 N–H and O–H groups in total. The van der Waals surface area contributed by atoms with Crippen molar-refractivity contribution in [1.82, 2.24) is 0 Å². The summed E-state index contributed by atoms with van der Waals surface area (Å²) >= 11 is 0. The standard InChI is InChI=1S/C7H13NO2/c8-7(6-5-10-6)1-3-9-4-2-7/h6H,1-5,8H2. The van der Waals surface area contributed by atoms with E-state index >= 15 is 0 Å². The van der Waals surface area contributed by atoms with E-state index in [9.17, 15) is 0 Å². The van der Waals surface area contributed by atoms with Gasteiger partial charge in [0, 0.05) is 18.8 Å². The van der Waals surface area contributed by atoms with Crippen molar-refractivity contribution in [1.29, 1.82) is 0 Å². The molecule has 2 saturated heterocycles. The molecule has 0 aromatic carbocycles. The van der Waals surface area contributed by atoms with Gasteiger partial charge in [-0.25, -0.2) is 0 Å². The third kappa shape index (κ3) is 1.05. The number of nitrogens with two attached hydrogens (primary N) is 1. The van der Waals surface area contributed by atoms with Crippen LogP contribution in [0.15, 0.2) is 0 Å². The summed E-state index contributed by atoms with van der Waals surface area (Å²) in [6, 6.07) is 0. The number of ether oxygens (including phenoxy) is 2. The maximum atomic E-state index is 6.06. The highest BCUT2D eigenvalue weighted by atomic mass is 16.6. The second-order valence-corrected chi connectivity index (χ2v) is 3.17. The van der Waals surface area contributed by atoms with Gasteiger partial charge in [0.15, 0.2) is 0 Å². The zero-order chi connectivity index (χ0) is 7.03. The van der Waals surface area contributed by atoms with E-state index in [1.807, 2.05) is 0 Å². The Morgan fingerprint density at radius 2 is 1.90 bits per heavy atom. The van der Waals surface area contributed by atoms with Crippen molar-refractivity contribution in [2.45, 2.75) is 24.5 Å². The predicted octanol–water partition coefficient (Wildman–Crippen LogP) is -0.107. The van der Waals surface area contributed by atoms with Crippen LogP contribution in [0.3, 0.4) is 0 Å². The van der Waals surface area contributed by atoms with Crippen LogP contribution in [0, 0.1) is 0 Å². The Bertz CT molecular complexity index is 128. The molecule has 0 aromatic rings. The van der Waals surface area contributed by atoms with Crippen molar-refractivity contribution in [3.63, 3.8) is 0 Å². The Hall–Kier alpha value is -0.120. The average molecular weight is 143 g/mol. The highest BCUT2D eigenvalue weighted by Crippen LogP contribution is 2.30. The lowest BCUT2D eigenvalue weighted by atomic mass is 9.88. The molecule has 2 aliphatic rings. The van der Waals surface area contributed by atoms with Crippen molar-refractivity contribution in [2.24, 2.45) is 5.73 Å². The molecule has 0 aliphatic carbocycles. The Labute approximate surface area is 60.5 Å². The van der Waals surface area contributed by atoms with Crippen molar-refractivity contribution in [3.05, 3.63) is 0 Å². The first kappa shape index (κ1) is 6.58. The average Bonchev–Trinajstić information content (AvgIpc) is 2.69. The number of rotatable bonds is 1. The van der Waals surface area contributed by atoms with Crippen LogP contribution in [0.1, 0.15) is 12.8 Å². The van der Waals surface area contributed by atoms with Crippen molar-refractivity contribution < 1.29 is 9.47 Å². The van der Waals surface area contributed by atoms with Crippen LogP contribution < -0.4 is 5.73 Å². The van der Waals surface area contributed by atoms with Gasteiger partial charge < -0.3 is 15.2 Å². The maximum Gasteiger partial charge on any atom is 0.0990 e. The molecular weight excluding hydrogens is 130 g/mol. The molecule has 1 atom stereocenters. The lowest BCUT2D eigenvalue weighted by molar-refractivity contribution is 0.0424. The fourth-order valence-electron chi connectivity index (χ4n) is 1.45. The third-order valence-electron chi connectivity index (χ3n) is 2.40. The molecule has 3 nitrogen and oxygen atoms in total. The summed E-state index contributed by atoms with van der Waals surface area (Å²) in [5.41, 5.74) is 6.00. The van der Waals surface area contributed by atoms with Crippen LogP contribution in [-0.4, -0.2) is 31.5 Å². The fraction of sp³-hybridized carbons (Fsp3) is 1.00. The van der Waals surface area contributed by atoms with Gasteiger partial charge >= 0.3 is 0 Å². The second-order valence-electron chi connectivity index (χ2n) is 3.17. The van der Waals surface area contributed by atoms with Crippen LogP contribution in [-0.2, 0) is 9.47 Å². The van der Waals surface area contributed by atoms with Crippen LogP contribution in [0.25, 0.3) is 0 Å². The van der Waals surface area contributed by atoms with Gasteiger partial charge in [0.25, 0.3) is 0 Å². The number of hydrogen-bond donors (Lipinski definition) is 1. The Balaban J connectivity index is 1.97. The lowest BCUT2D eigenvalue weighted by Gasteiger charge is -2.31. The van der Waals surface area contributed by atoms with Crippen molar-refractivity contribution in [3.8, 4) is 0 Å². The molecule has 0 radical (unpaired) electrons. The zero-order valence-electron chi connectivity index (χ0n) is 6.01. The van der Waals surface area contributed by atoms with Crippen LogP contribution in [0.5, 0.6) is 0 Å². The number of hydrogen-bond acceptors (Lipinski definition) is 3. The largest absolute Gasteiger partial charge is 0.381 e. The fourth-order valence-corrected chi connectivity index (χ4v) is 1.45. The molecule has 0 amide bonds. The Morgan fingerprint density at radius 3 is 2.40 bits per heavy atom. The SMILES string of the molecule is NC1(C2CO2)CCOCC1. The molecule has 0 spiro atoms. The molecule has 2 fully saturated rings. The second kappa shape index (κ2) is 2.19. The first-order valence-electron chi connectivity index (χ1n) is 3.79. The topological polar surface area (TPSA) is 47.8 Å². The van der Waals surface area contributed by atoms with Gasteiger partial charge in [-0.05, 0) is 12.8 Å². The van der Waals surface area contributed by atoms with Crippen molar-refractivity contribution >= 4 is 0 Å². The van der Waals surface area contributed by atoms with Crippen LogP contribution in [0.4, 0.5) is 0 Å². The summed E-state index contributed by atoms with van der Waals surface area (Å²) in [7, 11) is 0. The van der Waals surface area contributed by atoms with Gasteiger partial charge in [-0.15, -0.1) is 0 Å². The Kier molecular flexibility index (Phi) is 1.44. The predicted molar refractivity (Wildman–Crippen MR) is 36.7 cm³/mol. The lowest BCUT2D eigenvalue weighted by Crippen LogP contribution is -2.49. The Morgan fingerprint density at radius 1 is 1.30 bits per heavy atom. The van der Waals surface area contributed by atoms with Gasteiger partial charge in [-0.1, -0.05) is 0 Å². The van der Waals surface area contributed by atoms with E-state index in [4.69, 9.17) is 15.2 Å². The minimum absolute atomic E-state index is 0.0573. The van der Waals surface area contributed by atoms with E-state index < -0.39 is 0 Å². The summed E-state index contributed by atoms with van der Waals surface area (Å²) in [5, 5.41) is 0. The molecule has 1 unspecified atom stereocenters. The molecular formula is C7H13NO2. The van der Waals surface area contributed by atoms with Crippen molar-refractivity contribution in [2.75, 3.05) is 19.8 Å². The highest BCUT2D eigenvalue weighted by molar-refractivity contribution is 4.99. The van der Waals surface area contributed by atoms with Crippen LogP contribution >= 0.6 is 0 Å². The molecule has 2 rings (SSSR count). The minimum atomic E-state index is -0.0573. The smallest absolute Gasteiger partial charge is 0.0990 e. The highest BCUT2D eigenvalue weighted by Gasteiger charge is 2.44. The normalized spacial score (nSPS) is 37.5. The molecule has 2 heterocycles. The summed E-state index contributed by atoms with van der Waals surface area (Å²) in [6.07, 6.45) is 2.24. The molecule has 3 heteroatoms. The molecule has 10 heavy (non-hydrogen) atoms. The first-order valence-corrected chi connectivity index (χ1v) is 3.79. The summed E-state index contributed by atoms with van der Waals surface area (Å²) in [5.74, 6) is 0. The molecule has 0 saturated carbocycles. The van der Waals surface area contributed by atoms with Gasteiger partial charge in [0.1, 0.15) is 0 Å². The summed E-state index contributed by atoms with van der Waals surface area (Å²) < 4.78 is 10.4. The van der Waals surface area contributed by atoms with E-state index in [1.165, 1.54) is 0 Å². The van der Waals surface area contributed by atoms with E-state index in [1.54, 1.807) is 0 Å². The van der Waals surface area contributed by atoms with Gasteiger partial charge in [0.05, 0.1) is 12.7 Å². The van der Waals surface area contributed by atoms with Gasteiger partial charge in [-0.3, -0.25) is 0 Å². The zero-order valence-corrected chi connectivity index (χ0v) is 6.01. The van der Waals surface area contributed by atoms with Gasteiger partial charge in [-0.2, -0.15) is 0 Å². The molecule has 58 valence electrons. The van der Waals surface area contributed by atoms with E-state index in [2.05, 4.69) is 0 Å². The summed E-state index contributed by atoms with van der Waals surface area (Å²) in [6.45, 7) is 2.46. The first-order chi connectivity index (χ1) is 4.81. The molecule has 0 aromatic heterocycles. The van der Waals surface area contributed by atoms with E-state index in [-0.39, 0.29) is 5.54 Å². The molecule has 2 aliphatic heterocycles. The van der Waals surface area contributed by atoms with E-state index in [0.717, 1.165) is 32.7 Å². The monoisotopic (exact) mass is 143 g/mol. The van der Waals surface area contributed by atoms with E-state index in [0.29, 0.717) is 6.10 Å².